The van der Waals surface area contributed by atoms with Gasteiger partial charge in [0.05, 0.1) is 25.0 Å². The summed E-state index contributed by atoms with van der Waals surface area (Å²) >= 11 is 0. The van der Waals surface area contributed by atoms with Crippen LogP contribution >= 0.6 is 0 Å². The Balaban J connectivity index is 1.73. The minimum absolute atomic E-state index is 0.0437. The second-order valence-electron chi connectivity index (χ2n) is 18.2. The Morgan fingerprint density at radius 2 is 1.46 bits per heavy atom. The maximum atomic E-state index is 14.2. The molecule has 8 amide bonds. The van der Waals surface area contributed by atoms with Crippen molar-refractivity contribution in [2.24, 2.45) is 51.0 Å². The number of hydrogen-bond donors (Lipinski definition) is 17. The molecule has 0 radical (unpaired) electrons. The van der Waals surface area contributed by atoms with Crippen LogP contribution < -0.4 is 77.4 Å². The SMILES string of the molecule is NCCCC[C@H](NC(=O)[C@H](Cc1cnc[nH]1)NC(=O)[C@@H]1CCCN1C(=O)[C@@H](CCCN)NC(=O)CNC(=O)[C@@H](NC(=O)[C@@H](NC(=O)[C@@H](N)CCCCN)[C@@H](O)CN)C1CC1)C(=O)N/C(=C\CCN=C(N)N)C(=O)O. The van der Waals surface area contributed by atoms with E-state index >= 15 is 0 Å². The summed E-state index contributed by atoms with van der Waals surface area (Å²) in [6.07, 6.45) is 6.80. The maximum Gasteiger partial charge on any atom is 0.352 e. The number of rotatable bonds is 35. The number of H-pyrrole nitrogens is 1. The van der Waals surface area contributed by atoms with Crippen molar-refractivity contribution >= 4 is 59.2 Å². The lowest BCUT2D eigenvalue weighted by Gasteiger charge is -2.30. The van der Waals surface area contributed by atoms with Gasteiger partial charge in [0.1, 0.15) is 41.9 Å². The molecule has 3 rings (SSSR count). The van der Waals surface area contributed by atoms with E-state index in [9.17, 15) is 53.4 Å². The first-order valence-corrected chi connectivity index (χ1v) is 24.9. The first kappa shape index (κ1) is 61.5. The van der Waals surface area contributed by atoms with Crippen molar-refractivity contribution in [2.75, 3.05) is 45.8 Å². The number of nitrogens with two attached hydrogens (primary N) is 7. The fourth-order valence-electron chi connectivity index (χ4n) is 7.99. The van der Waals surface area contributed by atoms with Crippen molar-refractivity contribution < 1.29 is 53.4 Å². The predicted molar refractivity (Wildman–Crippen MR) is 269 cm³/mol. The second-order valence-corrected chi connectivity index (χ2v) is 18.2. The molecular formula is C45H78N18O11. The molecule has 1 saturated heterocycles. The molecule has 0 bridgehead atoms. The van der Waals surface area contributed by atoms with E-state index in [4.69, 9.17) is 40.1 Å². The number of amides is 8. The van der Waals surface area contributed by atoms with E-state index in [1.807, 2.05) is 0 Å². The van der Waals surface area contributed by atoms with Crippen LogP contribution in [0.4, 0.5) is 0 Å². The van der Waals surface area contributed by atoms with Crippen LogP contribution in [-0.4, -0.2) is 178 Å². The average Bonchev–Trinajstić information content (AvgIpc) is 3.84. The van der Waals surface area contributed by atoms with Crippen LogP contribution in [0, 0.1) is 5.92 Å². The normalized spacial score (nSPS) is 17.2. The number of unbranched alkanes of at least 4 members (excludes halogenated alkanes) is 2. The number of carbonyl (C=O) groups excluding carboxylic acids is 8. The summed E-state index contributed by atoms with van der Waals surface area (Å²) in [4.78, 5) is 133. The van der Waals surface area contributed by atoms with E-state index in [-0.39, 0.29) is 83.0 Å². The molecule has 0 aromatic carbocycles. The third-order valence-corrected chi connectivity index (χ3v) is 12.2. The number of nitrogens with zero attached hydrogens (tertiary/aromatic N) is 3. The van der Waals surface area contributed by atoms with Crippen molar-refractivity contribution in [2.45, 2.75) is 138 Å². The first-order chi connectivity index (χ1) is 35.3. The second kappa shape index (κ2) is 32.4. The number of aliphatic carboxylic acids is 1. The first-order valence-electron chi connectivity index (χ1n) is 24.9. The van der Waals surface area contributed by atoms with Crippen molar-refractivity contribution in [3.63, 3.8) is 0 Å². The Morgan fingerprint density at radius 1 is 0.784 bits per heavy atom. The van der Waals surface area contributed by atoms with Gasteiger partial charge in [-0.3, -0.25) is 43.3 Å². The van der Waals surface area contributed by atoms with E-state index < -0.39 is 120 Å². The van der Waals surface area contributed by atoms with Gasteiger partial charge >= 0.3 is 5.97 Å². The molecule has 29 nitrogen and oxygen atoms in total. The molecule has 0 spiro atoms. The fraction of sp³-hybridized carbons (Fsp3) is 0.667. The number of aliphatic hydroxyl groups excluding tert-OH is 1. The van der Waals surface area contributed by atoms with E-state index in [1.54, 1.807) is 0 Å². The number of carboxylic acids is 1. The minimum atomic E-state index is -1.54. The van der Waals surface area contributed by atoms with Gasteiger partial charge in [-0.15, -0.1) is 0 Å². The van der Waals surface area contributed by atoms with E-state index in [1.165, 1.54) is 23.5 Å². The molecule has 74 heavy (non-hydrogen) atoms. The lowest BCUT2D eigenvalue weighted by atomic mass is 10.1. The molecule has 2 fully saturated rings. The van der Waals surface area contributed by atoms with Crippen molar-refractivity contribution in [1.29, 1.82) is 0 Å². The number of aliphatic hydroxyl groups is 1. The number of likely N-dealkylation sites (tertiary alicyclic amines) is 1. The summed E-state index contributed by atoms with van der Waals surface area (Å²) in [5.41, 5.74) is 39.2. The molecule has 29 heteroatoms. The molecule has 414 valence electrons. The molecule has 2 heterocycles. The van der Waals surface area contributed by atoms with Crippen LogP contribution in [0.2, 0.25) is 0 Å². The van der Waals surface area contributed by atoms with Gasteiger partial charge in [-0.2, -0.15) is 0 Å². The molecular weight excluding hydrogens is 969 g/mol. The van der Waals surface area contributed by atoms with Crippen LogP contribution in [0.5, 0.6) is 0 Å². The van der Waals surface area contributed by atoms with Gasteiger partial charge in [0.25, 0.3) is 0 Å². The van der Waals surface area contributed by atoms with Crippen molar-refractivity contribution in [3.05, 3.63) is 30.0 Å². The number of hydrogen-bond acceptors (Lipinski definition) is 17. The van der Waals surface area contributed by atoms with Crippen LogP contribution in [-0.2, 0) is 49.6 Å². The summed E-state index contributed by atoms with van der Waals surface area (Å²) in [6.45, 7) is -0.0478. The topological polar surface area (TPSA) is 505 Å². The third-order valence-electron chi connectivity index (χ3n) is 12.2. The van der Waals surface area contributed by atoms with E-state index in [0.29, 0.717) is 57.2 Å². The summed E-state index contributed by atoms with van der Waals surface area (Å²) < 4.78 is 0. The average molecular weight is 1050 g/mol. The highest BCUT2D eigenvalue weighted by molar-refractivity contribution is 5.99. The number of aliphatic imine (C=N–C) groups is 1. The Kier molecular flexibility index (Phi) is 26.9. The Morgan fingerprint density at radius 3 is 2.07 bits per heavy atom. The number of carbonyl (C=O) groups is 9. The zero-order valence-electron chi connectivity index (χ0n) is 41.7. The molecule has 1 aliphatic carbocycles. The molecule has 1 saturated carbocycles. The lowest BCUT2D eigenvalue weighted by Crippen LogP contribution is -2.61. The highest BCUT2D eigenvalue weighted by Crippen LogP contribution is 2.33. The van der Waals surface area contributed by atoms with Crippen molar-refractivity contribution in [3.8, 4) is 0 Å². The number of aromatic amines is 1. The largest absolute Gasteiger partial charge is 0.477 e. The Hall–Kier alpha value is -6.79. The number of carboxylic acid groups (broad SMARTS) is 1. The monoisotopic (exact) mass is 1050 g/mol. The maximum absolute atomic E-state index is 14.2. The molecule has 24 N–H and O–H groups in total. The summed E-state index contributed by atoms with van der Waals surface area (Å²) in [6, 6.07) is -8.63. The molecule has 1 aromatic heterocycles. The summed E-state index contributed by atoms with van der Waals surface area (Å²) in [5, 5.41) is 38.1. The number of nitrogens with one attached hydrogen (secondary N) is 8. The zero-order valence-corrected chi connectivity index (χ0v) is 41.7. The predicted octanol–water partition coefficient (Wildman–Crippen LogP) is -6.71. The van der Waals surface area contributed by atoms with E-state index in [0.717, 1.165) is 0 Å². The fourth-order valence-corrected chi connectivity index (χ4v) is 7.99. The van der Waals surface area contributed by atoms with Crippen LogP contribution in [0.15, 0.2) is 29.3 Å². The van der Waals surface area contributed by atoms with Gasteiger partial charge in [0, 0.05) is 37.9 Å². The summed E-state index contributed by atoms with van der Waals surface area (Å²) in [5.74, 6) is -8.09. The Labute approximate surface area is 428 Å². The van der Waals surface area contributed by atoms with Gasteiger partial charge in [0.15, 0.2) is 5.96 Å². The zero-order chi connectivity index (χ0) is 54.7. The van der Waals surface area contributed by atoms with E-state index in [2.05, 4.69) is 52.2 Å². The highest BCUT2D eigenvalue weighted by atomic mass is 16.4. The third kappa shape index (κ3) is 21.0. The quantitative estimate of drug-likeness (QED) is 0.0130. The molecule has 0 unspecified atom stereocenters. The molecule has 1 aromatic rings. The van der Waals surface area contributed by atoms with Crippen LogP contribution in [0.1, 0.15) is 89.2 Å². The summed E-state index contributed by atoms with van der Waals surface area (Å²) in [7, 11) is 0. The lowest BCUT2D eigenvalue weighted by molar-refractivity contribution is -0.142. The van der Waals surface area contributed by atoms with Crippen LogP contribution in [0.3, 0.4) is 0 Å². The standard InChI is InChI=1S/C45H78N18O11/c46-15-3-1-8-27(50)37(66)62-36(33(64)21-49)42(71)61-35(25-13-14-25)41(70)55-23-34(65)57-29(10-5-17-48)43(72)63-19-7-12-32(63)40(69)60-31(20-26-22-53-24-56-26)39(68)58-28(9-2-4-16-47)38(67)59-30(44(73)74)11-6-18-54-45(51)52/h11,22,24-25,27-29,31-33,35-36,64H,1-10,12-21,23,46-50H2,(H,53,56)(H,55,70)(H,57,65)(H,58,68)(H,59,67)(H,60,69)(H,61,71)(H,62,66)(H,73,74)(H4,51,52,54)/b30-11-/t27-,28-,29+,31-,32-,33-,35-,36-/m0/s1. The number of imidazole rings is 1. The Bertz CT molecular complexity index is 2080. The molecule has 2 aliphatic rings. The molecule has 8 atom stereocenters. The van der Waals surface area contributed by atoms with Crippen LogP contribution in [0.25, 0.3) is 0 Å². The highest BCUT2D eigenvalue weighted by Gasteiger charge is 2.42. The van der Waals surface area contributed by atoms with Gasteiger partial charge in [-0.25, -0.2) is 9.78 Å². The van der Waals surface area contributed by atoms with Crippen molar-refractivity contribution in [1.82, 2.24) is 52.1 Å². The van der Waals surface area contributed by atoms with Gasteiger partial charge in [-0.1, -0.05) is 12.5 Å². The van der Waals surface area contributed by atoms with Gasteiger partial charge < -0.3 is 97.5 Å². The van der Waals surface area contributed by atoms with Gasteiger partial charge in [0.2, 0.25) is 47.3 Å². The smallest absolute Gasteiger partial charge is 0.352 e. The molecule has 1 aliphatic heterocycles. The number of guanidine groups is 1. The van der Waals surface area contributed by atoms with Gasteiger partial charge in [-0.05, 0) is 103 Å². The minimum Gasteiger partial charge on any atom is -0.477 e. The number of aromatic nitrogens is 2.